The van der Waals surface area contributed by atoms with Crippen molar-refractivity contribution < 1.29 is 49.1 Å². The Morgan fingerprint density at radius 3 is 2.46 bits per heavy atom. The third-order valence-electron chi connectivity index (χ3n) is 12.8. The van der Waals surface area contributed by atoms with Crippen molar-refractivity contribution in [2.45, 2.75) is 103 Å². The number of allylic oxidation sites excluding steroid dienone is 7. The number of aliphatic hydroxyl groups is 2. The zero-order valence-corrected chi connectivity index (χ0v) is 33.5. The van der Waals surface area contributed by atoms with E-state index in [1.54, 1.807) is 26.0 Å². The van der Waals surface area contributed by atoms with Gasteiger partial charge >= 0.3 is 11.9 Å². The number of H-pyrrole nitrogens is 1. The number of carbonyl (C=O) groups is 4. The first-order chi connectivity index (χ1) is 26.5. The summed E-state index contributed by atoms with van der Waals surface area (Å²) in [5.41, 5.74) is -1.48. The summed E-state index contributed by atoms with van der Waals surface area (Å²) in [5.74, 6) is -7.26. The number of ether oxygens (including phenoxy) is 2. The van der Waals surface area contributed by atoms with Gasteiger partial charge in [0.2, 0.25) is 0 Å². The summed E-state index contributed by atoms with van der Waals surface area (Å²) in [4.78, 5) is 55.7. The van der Waals surface area contributed by atoms with E-state index in [0.29, 0.717) is 32.1 Å². The van der Waals surface area contributed by atoms with E-state index in [1.807, 2.05) is 31.2 Å². The molecule has 0 radical (unpaired) electrons. The number of aromatic amines is 1. The lowest BCUT2D eigenvalue weighted by Crippen LogP contribution is -2.57. The molecule has 2 heterocycles. The summed E-state index contributed by atoms with van der Waals surface area (Å²) in [6.07, 6.45) is 13.4. The van der Waals surface area contributed by atoms with E-state index >= 15 is 0 Å². The molecule has 6 N–H and O–H groups in total. The Balaban J connectivity index is 1.29. The lowest BCUT2D eigenvalue weighted by Gasteiger charge is -2.49. The van der Waals surface area contributed by atoms with Crippen LogP contribution in [-0.2, 0) is 23.9 Å². The Labute approximate surface area is 336 Å². The Morgan fingerprint density at radius 1 is 1.07 bits per heavy atom. The number of rotatable bonds is 7. The van der Waals surface area contributed by atoms with Crippen LogP contribution in [0.15, 0.2) is 65.5 Å². The molecule has 4 aliphatic carbocycles. The molecule has 0 spiro atoms. The Kier molecular flexibility index (Phi) is 12.8. The van der Waals surface area contributed by atoms with Gasteiger partial charge in [-0.05, 0) is 75.2 Å². The molecular weight excluding hydrogens is 763 g/mol. The van der Waals surface area contributed by atoms with Crippen LogP contribution in [0.5, 0.6) is 0 Å². The van der Waals surface area contributed by atoms with Crippen LogP contribution in [0.2, 0.25) is 10.2 Å². The summed E-state index contributed by atoms with van der Waals surface area (Å²) >= 11 is 12.1. The molecule has 2 fully saturated rings. The predicted molar refractivity (Wildman–Crippen MR) is 209 cm³/mol. The fourth-order valence-electron chi connectivity index (χ4n) is 9.80. The van der Waals surface area contributed by atoms with Gasteiger partial charge in [0, 0.05) is 35.2 Å². The monoisotopic (exact) mass is 814 g/mol. The minimum Gasteiger partial charge on any atom is -0.511 e. The number of carboxylic acid groups (broad SMARTS) is 2. The fraction of sp³-hybridized carbons (Fsp3) is 0.571. The summed E-state index contributed by atoms with van der Waals surface area (Å²) < 4.78 is 12.9. The van der Waals surface area contributed by atoms with Gasteiger partial charge in [-0.15, -0.1) is 0 Å². The molecule has 1 aromatic heterocycles. The van der Waals surface area contributed by atoms with Crippen molar-refractivity contribution in [2.24, 2.45) is 46.8 Å². The van der Waals surface area contributed by atoms with Crippen LogP contribution in [-0.4, -0.2) is 79.7 Å². The highest BCUT2D eigenvalue weighted by molar-refractivity contribution is 6.36. The smallest absolute Gasteiger partial charge is 0.342 e. The summed E-state index contributed by atoms with van der Waals surface area (Å²) in [6.45, 7) is 7.39. The normalized spacial score (nSPS) is 40.0. The van der Waals surface area contributed by atoms with E-state index in [4.69, 9.17) is 32.7 Å². The second kappa shape index (κ2) is 17.0. The Hall–Kier alpha value is -3.68. The number of nitrogens with one attached hydrogen (secondary N) is 2. The van der Waals surface area contributed by atoms with Gasteiger partial charge in [0.25, 0.3) is 5.91 Å². The van der Waals surface area contributed by atoms with Crippen LogP contribution >= 0.6 is 23.2 Å². The molecule has 56 heavy (non-hydrogen) atoms. The highest BCUT2D eigenvalue weighted by Crippen LogP contribution is 2.51. The molecule has 13 atom stereocenters. The fourth-order valence-corrected chi connectivity index (χ4v) is 10.3. The highest BCUT2D eigenvalue weighted by Gasteiger charge is 2.51. The third-order valence-corrected chi connectivity index (χ3v) is 13.3. The van der Waals surface area contributed by atoms with Gasteiger partial charge in [-0.3, -0.25) is 9.59 Å². The van der Waals surface area contributed by atoms with Crippen LogP contribution in [0.25, 0.3) is 0 Å². The molecule has 0 aromatic carbocycles. The quantitative estimate of drug-likeness (QED) is 0.121. The van der Waals surface area contributed by atoms with Gasteiger partial charge in [0.15, 0.2) is 12.1 Å². The number of hydrogen-bond donors (Lipinski definition) is 6. The number of aliphatic carboxylic acids is 2. The maximum Gasteiger partial charge on any atom is 0.342 e. The van der Waals surface area contributed by atoms with E-state index in [2.05, 4.69) is 23.3 Å². The minimum atomic E-state index is -1.52. The number of aliphatic hydroxyl groups excluding tert-OH is 2. The molecule has 6 rings (SSSR count). The number of ketones is 1. The van der Waals surface area contributed by atoms with Gasteiger partial charge in [0.1, 0.15) is 22.2 Å². The topological polar surface area (TPSA) is 195 Å². The second-order valence-corrected chi connectivity index (χ2v) is 17.1. The van der Waals surface area contributed by atoms with Crippen LogP contribution in [0.4, 0.5) is 0 Å². The Bertz CT molecular complexity index is 1850. The third kappa shape index (κ3) is 8.32. The van der Waals surface area contributed by atoms with E-state index in [-0.39, 0.29) is 58.0 Å². The molecule has 1 saturated carbocycles. The summed E-state index contributed by atoms with van der Waals surface area (Å²) in [5, 5.41) is 47.3. The van der Waals surface area contributed by atoms with Gasteiger partial charge in [-0.2, -0.15) is 0 Å². The molecule has 0 bridgehead atoms. The van der Waals surface area contributed by atoms with Crippen LogP contribution in [0.1, 0.15) is 83.1 Å². The largest absolute Gasteiger partial charge is 0.511 e. The number of carbonyl (C=O) groups excluding carboxylic acids is 2. The first-order valence-corrected chi connectivity index (χ1v) is 20.3. The highest BCUT2D eigenvalue weighted by atomic mass is 35.5. The SMILES string of the molecule is CCC1CC2C(=O)/C(C(=O)O)=C(/O)C3C(C=CC4C3CC[C@H](C)[C@@H]4OC3CC(O)C(NC(=O)c4[nH]c(Cl)cc4Cl)C(C)O3)C/C=C/C/C=C/[C@@]2(C)C=C1C(=O)O. The lowest BCUT2D eigenvalue weighted by atomic mass is 9.59. The molecule has 304 valence electrons. The molecular formula is C42H52Cl2N2O10. The summed E-state index contributed by atoms with van der Waals surface area (Å²) in [7, 11) is 0. The number of Topliss-reactive ketones (excluding diaryl/α,β-unsaturated/α-hetero) is 1. The molecule has 1 saturated heterocycles. The van der Waals surface area contributed by atoms with Crippen molar-refractivity contribution in [3.8, 4) is 0 Å². The zero-order chi connectivity index (χ0) is 40.6. The molecule has 5 aliphatic rings. The van der Waals surface area contributed by atoms with Crippen molar-refractivity contribution in [1.82, 2.24) is 10.3 Å². The lowest BCUT2D eigenvalue weighted by molar-refractivity contribution is -0.256. The van der Waals surface area contributed by atoms with E-state index < -0.39 is 88.8 Å². The van der Waals surface area contributed by atoms with Crippen molar-refractivity contribution in [3.05, 3.63) is 81.4 Å². The number of halogens is 2. The van der Waals surface area contributed by atoms with Gasteiger partial charge in [-0.1, -0.05) is 86.5 Å². The van der Waals surface area contributed by atoms with Gasteiger partial charge < -0.3 is 40.2 Å². The van der Waals surface area contributed by atoms with E-state index in [1.165, 1.54) is 6.07 Å². The number of hydrogen-bond acceptors (Lipinski definition) is 8. The molecule has 14 heteroatoms. The van der Waals surface area contributed by atoms with Crippen LogP contribution in [0, 0.1) is 46.8 Å². The first-order valence-electron chi connectivity index (χ1n) is 19.6. The molecule has 1 aliphatic heterocycles. The number of carboxylic acids is 2. The molecule has 1 aromatic rings. The van der Waals surface area contributed by atoms with Crippen LogP contribution < -0.4 is 5.32 Å². The average Bonchev–Trinajstić information content (AvgIpc) is 3.48. The van der Waals surface area contributed by atoms with Gasteiger partial charge in [0.05, 0.1) is 29.4 Å². The first kappa shape index (κ1) is 41.9. The van der Waals surface area contributed by atoms with Crippen molar-refractivity contribution in [1.29, 1.82) is 0 Å². The van der Waals surface area contributed by atoms with Crippen molar-refractivity contribution in [2.75, 3.05) is 0 Å². The number of aromatic nitrogens is 1. The zero-order valence-electron chi connectivity index (χ0n) is 32.0. The standard InChI is InChI=1S/C42H52Cl2N2O10/c1-5-22-16-27-36(48)33(41(53)54)37(49)32-23(10-8-6-7-9-15-42(27,4)19-26(22)40(51)52)12-14-25-24(32)13-11-20(2)38(25)56-31-18-29(47)34(21(3)55-31)46-39(50)35-28(43)17-30(44)45-35/h6,8-9,12,14-15,17,19-25,27,29,31-32,34,38,45,47,49H,5,7,10-11,13,16,18H2,1-4H3,(H,46,50)(H,51,52)(H,53,54)/b8-6+,15-9+,37-33-/t20-,21?,22?,23?,24?,25?,27?,29?,31?,32?,34?,38-,42-/m0/s1. The Morgan fingerprint density at radius 2 is 1.82 bits per heavy atom. The van der Waals surface area contributed by atoms with Crippen molar-refractivity contribution >= 4 is 46.8 Å². The maximum absolute atomic E-state index is 14.6. The predicted octanol–water partition coefficient (Wildman–Crippen LogP) is 7.20. The van der Waals surface area contributed by atoms with E-state index in [9.17, 15) is 39.6 Å². The summed E-state index contributed by atoms with van der Waals surface area (Å²) in [6, 6.07) is 0.645. The second-order valence-electron chi connectivity index (χ2n) is 16.3. The molecule has 1 amide bonds. The van der Waals surface area contributed by atoms with Crippen molar-refractivity contribution in [3.63, 3.8) is 0 Å². The molecule has 12 nitrogen and oxygen atoms in total. The van der Waals surface area contributed by atoms with Crippen LogP contribution in [0.3, 0.4) is 0 Å². The maximum atomic E-state index is 14.6. The van der Waals surface area contributed by atoms with E-state index in [0.717, 1.165) is 0 Å². The number of fused-ring (bicyclic) bond motifs is 4. The molecule has 10 unspecified atom stereocenters. The average molecular weight is 816 g/mol. The minimum absolute atomic E-state index is 0.0299. The number of amides is 1. The van der Waals surface area contributed by atoms with Gasteiger partial charge in [-0.25, -0.2) is 9.59 Å².